The molecule has 0 aliphatic rings. The van der Waals surface area contributed by atoms with Gasteiger partial charge in [0.2, 0.25) is 0 Å². The highest BCUT2D eigenvalue weighted by Gasteiger charge is 2.73. The molecule has 6 nitrogen and oxygen atoms in total. The molecule has 0 spiro atoms. The van der Waals surface area contributed by atoms with E-state index >= 15 is 0 Å². The van der Waals surface area contributed by atoms with Crippen molar-refractivity contribution in [3.8, 4) is 0 Å². The van der Waals surface area contributed by atoms with Crippen LogP contribution in [-0.2, 0) is 19.1 Å². The molecule has 0 aliphatic heterocycles. The van der Waals surface area contributed by atoms with Crippen molar-refractivity contribution < 1.29 is 99.5 Å². The average molecular weight is 690 g/mol. The maximum atomic E-state index is 14.0. The summed E-state index contributed by atoms with van der Waals surface area (Å²) in [7, 11) is 0. The minimum Gasteiger partial charge on any atom is -0.477 e. The van der Waals surface area contributed by atoms with Crippen LogP contribution in [0.1, 0.15) is 65.2 Å². The Morgan fingerprint density at radius 1 is 0.500 bits per heavy atom. The van der Waals surface area contributed by atoms with Gasteiger partial charge >= 0.3 is 60.1 Å². The van der Waals surface area contributed by atoms with Gasteiger partial charge in [-0.1, -0.05) is 39.5 Å². The number of hydrogen-bond donors (Lipinski definition) is 2. The molecule has 44 heavy (non-hydrogen) atoms. The Labute approximate surface area is 237 Å². The zero-order valence-corrected chi connectivity index (χ0v) is 22.4. The zero-order chi connectivity index (χ0) is 35.4. The molecule has 0 radical (unpaired) electrons. The van der Waals surface area contributed by atoms with E-state index in [0.29, 0.717) is 0 Å². The highest BCUT2D eigenvalue weighted by molar-refractivity contribution is 5.76. The maximum Gasteiger partial charge on any atom is 0.435 e. The Kier molecular flexibility index (Phi) is 13.3. The lowest BCUT2D eigenvalue weighted by molar-refractivity contribution is -0.462. The molecule has 2 unspecified atom stereocenters. The minimum atomic E-state index is -6.58. The van der Waals surface area contributed by atoms with Crippen LogP contribution in [-0.4, -0.2) is 70.3 Å². The molecule has 2 atom stereocenters. The lowest BCUT2D eigenvalue weighted by atomic mass is 9.86. The van der Waals surface area contributed by atoms with Crippen molar-refractivity contribution in [2.75, 3.05) is 0 Å². The molecule has 262 valence electrons. The molecule has 22 heteroatoms. The standard InChI is InChI=1S/C22H26F16O6/c1-3-11(7-9-15(23,24)19(31,32)43-21(35,36)17(27,28)13(39)40)5-6-12(4-2)8-10-16(25,26)20(33,34)44-22(37,38)18(29,30)14(41)42/h11-12H,3-10H2,1-2H3,(H,39,40)(H,41,42). The largest absolute Gasteiger partial charge is 0.477 e. The van der Waals surface area contributed by atoms with Crippen LogP contribution in [0.3, 0.4) is 0 Å². The summed E-state index contributed by atoms with van der Waals surface area (Å²) in [6.45, 7) is 2.58. The van der Waals surface area contributed by atoms with Crippen LogP contribution in [0.25, 0.3) is 0 Å². The van der Waals surface area contributed by atoms with Gasteiger partial charge in [-0.25, -0.2) is 19.1 Å². The maximum absolute atomic E-state index is 14.0. The van der Waals surface area contributed by atoms with E-state index in [4.69, 9.17) is 10.2 Å². The predicted molar refractivity (Wildman–Crippen MR) is 112 cm³/mol. The van der Waals surface area contributed by atoms with E-state index in [9.17, 15) is 79.8 Å². The number of carboxylic acids is 2. The average Bonchev–Trinajstić information content (AvgIpc) is 2.83. The Morgan fingerprint density at radius 3 is 0.955 bits per heavy atom. The van der Waals surface area contributed by atoms with Gasteiger partial charge in [-0.3, -0.25) is 0 Å². The van der Waals surface area contributed by atoms with Crippen molar-refractivity contribution >= 4 is 11.9 Å². The molecule has 0 bridgehead atoms. The number of rotatable bonds is 21. The van der Waals surface area contributed by atoms with E-state index in [0.717, 1.165) is 0 Å². The van der Waals surface area contributed by atoms with Crippen LogP contribution >= 0.6 is 0 Å². The molecule has 0 heterocycles. The van der Waals surface area contributed by atoms with Gasteiger partial charge in [-0.2, -0.15) is 70.2 Å². The summed E-state index contributed by atoms with van der Waals surface area (Å²) in [6, 6.07) is 0. The highest BCUT2D eigenvalue weighted by Crippen LogP contribution is 2.49. The second kappa shape index (κ2) is 14.0. The Morgan fingerprint density at radius 2 is 0.750 bits per heavy atom. The third-order valence-electron chi connectivity index (χ3n) is 6.50. The Bertz CT molecular complexity index is 896. The molecular weight excluding hydrogens is 664 g/mol. The fourth-order valence-electron chi connectivity index (χ4n) is 3.49. The third-order valence-corrected chi connectivity index (χ3v) is 6.50. The summed E-state index contributed by atoms with van der Waals surface area (Å²) >= 11 is 0. The number of aliphatic carboxylic acids is 2. The predicted octanol–water partition coefficient (Wildman–Crippen LogP) is 8.49. The van der Waals surface area contributed by atoms with Gasteiger partial charge in [0, 0.05) is 12.8 Å². The van der Waals surface area contributed by atoms with Crippen molar-refractivity contribution in [3.63, 3.8) is 0 Å². The molecule has 0 aromatic rings. The summed E-state index contributed by atoms with van der Waals surface area (Å²) in [6.07, 6.45) is -32.6. The van der Waals surface area contributed by atoms with E-state index in [1.165, 1.54) is 13.8 Å². The van der Waals surface area contributed by atoms with Gasteiger partial charge in [0.05, 0.1) is 0 Å². The minimum absolute atomic E-state index is 0.124. The normalized spacial score (nSPS) is 16.1. The molecule has 0 saturated carbocycles. The second-order valence-corrected chi connectivity index (χ2v) is 9.64. The van der Waals surface area contributed by atoms with Crippen molar-refractivity contribution in [3.05, 3.63) is 0 Å². The van der Waals surface area contributed by atoms with E-state index in [-0.39, 0.29) is 25.7 Å². The van der Waals surface area contributed by atoms with Crippen LogP contribution in [0, 0.1) is 11.8 Å². The van der Waals surface area contributed by atoms with Gasteiger partial charge in [0.25, 0.3) is 0 Å². The Balaban J connectivity index is 5.36. The fraction of sp³-hybridized carbons (Fsp3) is 0.909. The molecule has 0 saturated heterocycles. The van der Waals surface area contributed by atoms with Crippen LogP contribution in [0.5, 0.6) is 0 Å². The molecule has 2 N–H and O–H groups in total. The molecule has 0 aromatic carbocycles. The van der Waals surface area contributed by atoms with Gasteiger partial charge in [-0.15, -0.1) is 0 Å². The monoisotopic (exact) mass is 690 g/mol. The smallest absolute Gasteiger partial charge is 0.435 e. The lowest BCUT2D eigenvalue weighted by Gasteiger charge is -2.32. The molecule has 0 aromatic heterocycles. The molecule has 0 aliphatic carbocycles. The highest BCUT2D eigenvalue weighted by atomic mass is 19.4. The molecule has 0 rings (SSSR count). The number of halogens is 16. The summed E-state index contributed by atoms with van der Waals surface area (Å²) in [4.78, 5) is 20.3. The summed E-state index contributed by atoms with van der Waals surface area (Å²) < 4.78 is 220. The SMILES string of the molecule is CCC(CCC(CC)CCC(F)(F)C(F)(F)OC(F)(F)C(F)(F)C(=O)O)CCC(F)(F)C(F)(F)OC(F)(F)C(F)(F)C(=O)O. The van der Waals surface area contributed by atoms with Gasteiger partial charge in [0.1, 0.15) is 0 Å². The van der Waals surface area contributed by atoms with Crippen LogP contribution in [0.4, 0.5) is 70.2 Å². The lowest BCUT2D eigenvalue weighted by Crippen LogP contribution is -2.56. The van der Waals surface area contributed by atoms with Crippen LogP contribution in [0.2, 0.25) is 0 Å². The van der Waals surface area contributed by atoms with Crippen molar-refractivity contribution in [1.29, 1.82) is 0 Å². The second-order valence-electron chi connectivity index (χ2n) is 9.64. The number of carboxylic acid groups (broad SMARTS) is 2. The van der Waals surface area contributed by atoms with Gasteiger partial charge in [0.15, 0.2) is 0 Å². The van der Waals surface area contributed by atoms with E-state index in [2.05, 4.69) is 9.47 Å². The zero-order valence-electron chi connectivity index (χ0n) is 22.4. The van der Waals surface area contributed by atoms with Crippen LogP contribution < -0.4 is 0 Å². The molecule has 0 amide bonds. The summed E-state index contributed by atoms with van der Waals surface area (Å²) in [5.41, 5.74) is 0. The van der Waals surface area contributed by atoms with Crippen molar-refractivity contribution in [1.82, 2.24) is 0 Å². The number of ether oxygens (including phenoxy) is 2. The quantitative estimate of drug-likeness (QED) is 0.117. The first-order valence-electron chi connectivity index (χ1n) is 12.3. The fourth-order valence-corrected chi connectivity index (χ4v) is 3.49. The van der Waals surface area contributed by atoms with Crippen LogP contribution in [0.15, 0.2) is 0 Å². The van der Waals surface area contributed by atoms with E-state index in [1.807, 2.05) is 0 Å². The molecule has 0 fully saturated rings. The number of hydrogen-bond acceptors (Lipinski definition) is 4. The van der Waals surface area contributed by atoms with Gasteiger partial charge in [-0.05, 0) is 24.7 Å². The third kappa shape index (κ3) is 9.62. The molecular formula is C22H26F16O6. The van der Waals surface area contributed by atoms with E-state index < -0.39 is 97.6 Å². The first-order valence-corrected chi connectivity index (χ1v) is 12.3. The van der Waals surface area contributed by atoms with E-state index in [1.54, 1.807) is 0 Å². The van der Waals surface area contributed by atoms with Crippen molar-refractivity contribution in [2.24, 2.45) is 11.8 Å². The summed E-state index contributed by atoms with van der Waals surface area (Å²) in [5.74, 6) is -33.2. The summed E-state index contributed by atoms with van der Waals surface area (Å²) in [5, 5.41) is 16.0. The number of carbonyl (C=O) groups is 2. The number of alkyl halides is 16. The Hall–Kier alpha value is -2.26. The first kappa shape index (κ1) is 41.7. The first-order chi connectivity index (χ1) is 19.4. The topological polar surface area (TPSA) is 93.1 Å². The van der Waals surface area contributed by atoms with Gasteiger partial charge < -0.3 is 10.2 Å². The van der Waals surface area contributed by atoms with Crippen molar-refractivity contribution in [2.45, 2.75) is 113 Å².